The second kappa shape index (κ2) is 8.90. The Bertz CT molecular complexity index is 289. The van der Waals surface area contributed by atoms with E-state index < -0.39 is 0 Å². The molecule has 17 heavy (non-hydrogen) atoms. The minimum Gasteiger partial charge on any atom is -0.385 e. The Kier molecular flexibility index (Phi) is 7.25. The maximum Gasteiger partial charge on any atom is 0.222 e. The van der Waals surface area contributed by atoms with Crippen LogP contribution in [0.2, 0.25) is 0 Å². The highest BCUT2D eigenvalue weighted by molar-refractivity contribution is 5.24. The van der Waals surface area contributed by atoms with Crippen molar-refractivity contribution in [3.05, 3.63) is 18.0 Å². The quantitative estimate of drug-likeness (QED) is 0.637. The molecule has 0 aromatic carbocycles. The Hall–Kier alpha value is -1.20. The zero-order valence-corrected chi connectivity index (χ0v) is 10.7. The van der Waals surface area contributed by atoms with Gasteiger partial charge in [-0.05, 0) is 19.4 Å². The van der Waals surface area contributed by atoms with Crippen molar-refractivity contribution in [1.82, 2.24) is 15.3 Å². The van der Waals surface area contributed by atoms with Crippen LogP contribution < -0.4 is 10.6 Å². The molecule has 0 bridgehead atoms. The van der Waals surface area contributed by atoms with E-state index in [0.29, 0.717) is 5.95 Å². The summed E-state index contributed by atoms with van der Waals surface area (Å²) in [5.41, 5.74) is 1.10. The molecule has 0 saturated carbocycles. The third-order valence-corrected chi connectivity index (χ3v) is 2.27. The van der Waals surface area contributed by atoms with Gasteiger partial charge in [-0.1, -0.05) is 6.92 Å². The summed E-state index contributed by atoms with van der Waals surface area (Å²) in [6.45, 7) is 5.57. The highest BCUT2D eigenvalue weighted by Crippen LogP contribution is 2.00. The fourth-order valence-electron chi connectivity index (χ4n) is 1.35. The number of nitrogens with one attached hydrogen (secondary N) is 2. The number of rotatable bonds is 9. The molecule has 1 aromatic heterocycles. The molecule has 0 spiro atoms. The normalized spacial score (nSPS) is 10.5. The van der Waals surface area contributed by atoms with Crippen molar-refractivity contribution in [2.45, 2.75) is 26.3 Å². The number of hydrogen-bond acceptors (Lipinski definition) is 5. The zero-order chi connectivity index (χ0) is 12.3. The maximum atomic E-state index is 4.97. The van der Waals surface area contributed by atoms with E-state index in [-0.39, 0.29) is 0 Å². The minimum atomic E-state index is 0.704. The van der Waals surface area contributed by atoms with Crippen molar-refractivity contribution in [3.63, 3.8) is 0 Å². The van der Waals surface area contributed by atoms with Crippen LogP contribution in [-0.2, 0) is 11.3 Å². The SMILES string of the molecule is CCCNc1ncc(CNCCCOC)cn1. The van der Waals surface area contributed by atoms with E-state index in [9.17, 15) is 0 Å². The van der Waals surface area contributed by atoms with E-state index in [2.05, 4.69) is 27.5 Å². The van der Waals surface area contributed by atoms with Gasteiger partial charge in [-0.25, -0.2) is 9.97 Å². The number of hydrogen-bond donors (Lipinski definition) is 2. The predicted octanol–water partition coefficient (Wildman–Crippen LogP) is 1.42. The number of methoxy groups -OCH3 is 1. The summed E-state index contributed by atoms with van der Waals surface area (Å²) in [6, 6.07) is 0. The second-order valence-corrected chi connectivity index (χ2v) is 3.86. The lowest BCUT2D eigenvalue weighted by molar-refractivity contribution is 0.194. The third-order valence-electron chi connectivity index (χ3n) is 2.27. The Morgan fingerprint density at radius 2 is 2.00 bits per heavy atom. The van der Waals surface area contributed by atoms with Gasteiger partial charge in [-0.15, -0.1) is 0 Å². The summed E-state index contributed by atoms with van der Waals surface area (Å²) in [6.07, 6.45) is 5.81. The summed E-state index contributed by atoms with van der Waals surface area (Å²) in [5, 5.41) is 6.47. The van der Waals surface area contributed by atoms with Crippen molar-refractivity contribution in [1.29, 1.82) is 0 Å². The zero-order valence-electron chi connectivity index (χ0n) is 10.7. The third kappa shape index (κ3) is 6.19. The Balaban J connectivity index is 2.20. The minimum absolute atomic E-state index is 0.704. The standard InChI is InChI=1S/C12H22N4O/c1-3-5-14-12-15-9-11(10-16-12)8-13-6-4-7-17-2/h9-10,13H,3-8H2,1-2H3,(H,14,15,16). The van der Waals surface area contributed by atoms with Crippen LogP contribution in [0, 0.1) is 0 Å². The van der Waals surface area contributed by atoms with Gasteiger partial charge < -0.3 is 15.4 Å². The predicted molar refractivity (Wildman–Crippen MR) is 69.0 cm³/mol. The molecule has 2 N–H and O–H groups in total. The molecule has 0 atom stereocenters. The number of ether oxygens (including phenoxy) is 1. The van der Waals surface area contributed by atoms with Crippen LogP contribution in [0.1, 0.15) is 25.3 Å². The molecule has 0 aliphatic carbocycles. The van der Waals surface area contributed by atoms with Crippen molar-refractivity contribution in [3.8, 4) is 0 Å². The maximum absolute atomic E-state index is 4.97. The summed E-state index contributed by atoms with van der Waals surface area (Å²) in [4.78, 5) is 8.49. The number of aromatic nitrogens is 2. The molecule has 0 unspecified atom stereocenters. The molecule has 0 fully saturated rings. The van der Waals surface area contributed by atoms with Crippen LogP contribution >= 0.6 is 0 Å². The first-order valence-electron chi connectivity index (χ1n) is 6.11. The van der Waals surface area contributed by atoms with Crippen LogP contribution in [0.5, 0.6) is 0 Å². The fraction of sp³-hybridized carbons (Fsp3) is 0.667. The molecule has 96 valence electrons. The van der Waals surface area contributed by atoms with E-state index in [1.54, 1.807) is 7.11 Å². The van der Waals surface area contributed by atoms with Gasteiger partial charge in [0.2, 0.25) is 5.95 Å². The van der Waals surface area contributed by atoms with Crippen LogP contribution in [-0.4, -0.2) is 36.8 Å². The molecule has 1 heterocycles. The van der Waals surface area contributed by atoms with Crippen molar-refractivity contribution in [2.75, 3.05) is 32.1 Å². The average molecular weight is 238 g/mol. The monoisotopic (exact) mass is 238 g/mol. The van der Waals surface area contributed by atoms with Crippen molar-refractivity contribution >= 4 is 5.95 Å². The molecular weight excluding hydrogens is 216 g/mol. The van der Waals surface area contributed by atoms with E-state index in [1.165, 1.54) is 0 Å². The summed E-state index contributed by atoms with van der Waals surface area (Å²) in [7, 11) is 1.72. The van der Waals surface area contributed by atoms with Gasteiger partial charge in [0.1, 0.15) is 0 Å². The summed E-state index contributed by atoms with van der Waals surface area (Å²) in [5.74, 6) is 0.704. The van der Waals surface area contributed by atoms with E-state index in [4.69, 9.17) is 4.74 Å². The molecule has 5 nitrogen and oxygen atoms in total. The van der Waals surface area contributed by atoms with E-state index in [0.717, 1.165) is 44.6 Å². The first-order valence-corrected chi connectivity index (χ1v) is 6.11. The van der Waals surface area contributed by atoms with Gasteiger partial charge in [-0.3, -0.25) is 0 Å². The van der Waals surface area contributed by atoms with E-state index >= 15 is 0 Å². The number of anilines is 1. The summed E-state index contributed by atoms with van der Waals surface area (Å²) < 4.78 is 4.97. The Morgan fingerprint density at radius 1 is 1.24 bits per heavy atom. The Morgan fingerprint density at radius 3 is 2.65 bits per heavy atom. The van der Waals surface area contributed by atoms with Gasteiger partial charge in [0.05, 0.1) is 0 Å². The first-order chi connectivity index (χ1) is 8.36. The fourth-order valence-corrected chi connectivity index (χ4v) is 1.35. The molecule has 1 rings (SSSR count). The van der Waals surface area contributed by atoms with Crippen LogP contribution in [0.4, 0.5) is 5.95 Å². The summed E-state index contributed by atoms with van der Waals surface area (Å²) >= 11 is 0. The molecule has 0 saturated heterocycles. The second-order valence-electron chi connectivity index (χ2n) is 3.86. The Labute approximate surface area is 103 Å². The first kappa shape index (κ1) is 13.9. The average Bonchev–Trinajstić information content (AvgIpc) is 2.37. The topological polar surface area (TPSA) is 59.1 Å². The van der Waals surface area contributed by atoms with Gasteiger partial charge in [0.25, 0.3) is 0 Å². The molecule has 0 radical (unpaired) electrons. The molecular formula is C12H22N4O. The lowest BCUT2D eigenvalue weighted by atomic mass is 10.3. The van der Waals surface area contributed by atoms with Crippen molar-refractivity contribution < 1.29 is 4.74 Å². The van der Waals surface area contributed by atoms with E-state index in [1.807, 2.05) is 12.4 Å². The number of nitrogens with zero attached hydrogens (tertiary/aromatic N) is 2. The van der Waals surface area contributed by atoms with Crippen molar-refractivity contribution in [2.24, 2.45) is 0 Å². The largest absolute Gasteiger partial charge is 0.385 e. The molecule has 0 amide bonds. The highest BCUT2D eigenvalue weighted by Gasteiger charge is 1.96. The molecule has 5 heteroatoms. The smallest absolute Gasteiger partial charge is 0.222 e. The molecule has 1 aromatic rings. The van der Waals surface area contributed by atoms with Crippen LogP contribution in [0.3, 0.4) is 0 Å². The lowest BCUT2D eigenvalue weighted by Crippen LogP contribution is -2.16. The highest BCUT2D eigenvalue weighted by atomic mass is 16.5. The van der Waals surface area contributed by atoms with Crippen LogP contribution in [0.15, 0.2) is 12.4 Å². The molecule has 0 aliphatic rings. The van der Waals surface area contributed by atoms with Crippen LogP contribution in [0.25, 0.3) is 0 Å². The van der Waals surface area contributed by atoms with Gasteiger partial charge in [0.15, 0.2) is 0 Å². The lowest BCUT2D eigenvalue weighted by Gasteiger charge is -2.05. The van der Waals surface area contributed by atoms with Gasteiger partial charge >= 0.3 is 0 Å². The molecule has 0 aliphatic heterocycles. The van der Waals surface area contributed by atoms with Gasteiger partial charge in [-0.2, -0.15) is 0 Å². The van der Waals surface area contributed by atoms with Gasteiger partial charge in [0, 0.05) is 44.8 Å².